The summed E-state index contributed by atoms with van der Waals surface area (Å²) in [6.45, 7) is 0.486. The maximum Gasteiger partial charge on any atom is 0.287 e. The van der Waals surface area contributed by atoms with E-state index in [1.165, 1.54) is 18.3 Å². The third kappa shape index (κ3) is 5.35. The molecule has 1 aromatic heterocycles. The smallest absolute Gasteiger partial charge is 0.287 e. The molecule has 1 N–H and O–H groups in total. The van der Waals surface area contributed by atoms with Crippen LogP contribution in [0.2, 0.25) is 0 Å². The number of nitrogens with zero attached hydrogens (tertiary/aromatic N) is 3. The summed E-state index contributed by atoms with van der Waals surface area (Å²) < 4.78 is 6.63. The summed E-state index contributed by atoms with van der Waals surface area (Å²) in [4.78, 5) is 14.0. The van der Waals surface area contributed by atoms with Crippen LogP contribution in [0.4, 0.5) is 11.5 Å². The van der Waals surface area contributed by atoms with Gasteiger partial charge in [0.25, 0.3) is 5.69 Å². The second-order valence-electron chi connectivity index (χ2n) is 5.49. The van der Waals surface area contributed by atoms with Crippen LogP contribution < -0.4 is 10.2 Å². The van der Waals surface area contributed by atoms with Gasteiger partial charge in [0.15, 0.2) is 0 Å². The fraction of sp³-hybridized carbons (Fsp3) is 0.0526. The molecule has 0 fully saturated rings. The number of hydrazone groups is 1. The lowest BCUT2D eigenvalue weighted by Gasteiger charge is -2.08. The molecule has 7 nitrogen and oxygen atoms in total. The van der Waals surface area contributed by atoms with Crippen molar-refractivity contribution in [2.75, 3.05) is 5.43 Å². The number of ether oxygens (including phenoxy) is 1. The summed E-state index contributed by atoms with van der Waals surface area (Å²) in [7, 11) is 0. The van der Waals surface area contributed by atoms with Gasteiger partial charge in [0.1, 0.15) is 24.4 Å². The first-order valence-corrected chi connectivity index (χ1v) is 8.77. The van der Waals surface area contributed by atoms with E-state index in [0.29, 0.717) is 12.4 Å². The molecule has 0 unspecified atom stereocenters. The molecule has 0 aliphatic carbocycles. The predicted octanol–water partition coefficient (Wildman–Crippen LogP) is 4.78. The number of nitro groups is 1. The van der Waals surface area contributed by atoms with Gasteiger partial charge < -0.3 is 4.74 Å². The fourth-order valence-electron chi connectivity index (χ4n) is 2.18. The summed E-state index contributed by atoms with van der Waals surface area (Å²) in [5.74, 6) is 1.15. The van der Waals surface area contributed by atoms with E-state index >= 15 is 0 Å². The topological polar surface area (TPSA) is 89.7 Å². The minimum absolute atomic E-state index is 0.0699. The highest BCUT2D eigenvalue weighted by atomic mass is 79.9. The number of nitrogens with one attached hydrogen (secondary N) is 1. The molecular weight excluding hydrogens is 412 g/mol. The minimum Gasteiger partial charge on any atom is -0.488 e. The van der Waals surface area contributed by atoms with Crippen molar-refractivity contribution < 1.29 is 9.66 Å². The molecule has 0 spiro atoms. The van der Waals surface area contributed by atoms with Crippen LogP contribution in [-0.4, -0.2) is 16.1 Å². The standard InChI is InChI=1S/C19H15BrN4O3/c20-17-10-15(6-8-18(17)27-13-14-4-2-1-3-5-14)11-22-23-19-9-7-16(12-21-19)24(25)26/h1-12H,13H2,(H,21,23)/b22-11-. The Kier molecular flexibility index (Phi) is 6.11. The van der Waals surface area contributed by atoms with Crippen molar-refractivity contribution in [1.82, 2.24) is 4.98 Å². The molecule has 27 heavy (non-hydrogen) atoms. The number of pyridine rings is 1. The van der Waals surface area contributed by atoms with E-state index in [-0.39, 0.29) is 5.69 Å². The lowest BCUT2D eigenvalue weighted by molar-refractivity contribution is -0.385. The van der Waals surface area contributed by atoms with Crippen LogP contribution in [0.25, 0.3) is 0 Å². The third-order valence-electron chi connectivity index (χ3n) is 3.54. The molecule has 3 aromatic rings. The van der Waals surface area contributed by atoms with Crippen LogP contribution in [0.15, 0.2) is 76.4 Å². The first-order chi connectivity index (χ1) is 13.1. The van der Waals surface area contributed by atoms with Crippen molar-refractivity contribution in [3.8, 4) is 5.75 Å². The molecular formula is C19H15BrN4O3. The van der Waals surface area contributed by atoms with Crippen molar-refractivity contribution in [3.63, 3.8) is 0 Å². The number of anilines is 1. The molecule has 0 radical (unpaired) electrons. The molecule has 0 saturated heterocycles. The summed E-state index contributed by atoms with van der Waals surface area (Å²) in [5, 5.41) is 14.7. The van der Waals surface area contributed by atoms with Gasteiger partial charge in [-0.1, -0.05) is 30.3 Å². The second kappa shape index (κ2) is 8.91. The number of halogens is 1. The Hall–Kier alpha value is -3.26. The Balaban J connectivity index is 1.58. The monoisotopic (exact) mass is 426 g/mol. The average Bonchev–Trinajstić information content (AvgIpc) is 2.68. The van der Waals surface area contributed by atoms with E-state index in [4.69, 9.17) is 4.74 Å². The van der Waals surface area contributed by atoms with Gasteiger partial charge in [0.2, 0.25) is 0 Å². The lowest BCUT2D eigenvalue weighted by Crippen LogP contribution is -1.97. The van der Waals surface area contributed by atoms with Crippen molar-refractivity contribution in [2.24, 2.45) is 5.10 Å². The van der Waals surface area contributed by atoms with Gasteiger partial charge in [-0.15, -0.1) is 0 Å². The number of benzene rings is 2. The minimum atomic E-state index is -0.501. The molecule has 136 valence electrons. The molecule has 0 aliphatic heterocycles. The molecule has 1 heterocycles. The number of aromatic nitrogens is 1. The molecule has 0 atom stereocenters. The van der Waals surface area contributed by atoms with Crippen LogP contribution >= 0.6 is 15.9 Å². The Morgan fingerprint density at radius 3 is 2.67 bits per heavy atom. The quantitative estimate of drug-likeness (QED) is 0.333. The number of hydrogen-bond donors (Lipinski definition) is 1. The Bertz CT molecular complexity index is 947. The molecule has 0 aliphatic rings. The average molecular weight is 427 g/mol. The van der Waals surface area contributed by atoms with E-state index < -0.39 is 4.92 Å². The van der Waals surface area contributed by atoms with Gasteiger partial charge in [0, 0.05) is 6.07 Å². The van der Waals surface area contributed by atoms with Crippen molar-refractivity contribution in [2.45, 2.75) is 6.61 Å². The summed E-state index contributed by atoms with van der Waals surface area (Å²) >= 11 is 3.50. The van der Waals surface area contributed by atoms with Gasteiger partial charge in [-0.3, -0.25) is 15.5 Å². The second-order valence-corrected chi connectivity index (χ2v) is 6.35. The summed E-state index contributed by atoms with van der Waals surface area (Å²) in [5.41, 5.74) is 4.60. The van der Waals surface area contributed by atoms with Crippen molar-refractivity contribution in [3.05, 3.63) is 92.6 Å². The van der Waals surface area contributed by atoms with E-state index in [2.05, 4.69) is 31.4 Å². The first-order valence-electron chi connectivity index (χ1n) is 7.97. The van der Waals surface area contributed by atoms with Gasteiger partial charge in [0.05, 0.1) is 15.6 Å². The molecule has 2 aromatic carbocycles. The Morgan fingerprint density at radius 2 is 2.00 bits per heavy atom. The van der Waals surface area contributed by atoms with E-state index in [0.717, 1.165) is 21.3 Å². The normalized spacial score (nSPS) is 10.7. The van der Waals surface area contributed by atoms with Crippen LogP contribution in [-0.2, 0) is 6.61 Å². The molecule has 0 bridgehead atoms. The SMILES string of the molecule is O=[N+]([O-])c1ccc(N/N=C\c2ccc(OCc3ccccc3)c(Br)c2)nc1. The largest absolute Gasteiger partial charge is 0.488 e. The molecule has 3 rings (SSSR count). The Morgan fingerprint density at radius 1 is 1.19 bits per heavy atom. The third-order valence-corrected chi connectivity index (χ3v) is 4.16. The van der Waals surface area contributed by atoms with Gasteiger partial charge in [-0.25, -0.2) is 4.98 Å². The summed E-state index contributed by atoms with van der Waals surface area (Å²) in [6.07, 6.45) is 2.79. The van der Waals surface area contributed by atoms with Crippen molar-refractivity contribution >= 4 is 33.6 Å². The highest BCUT2D eigenvalue weighted by Gasteiger charge is 2.05. The zero-order valence-electron chi connectivity index (χ0n) is 14.1. The Labute approximate surface area is 164 Å². The predicted molar refractivity (Wildman–Crippen MR) is 107 cm³/mol. The lowest BCUT2D eigenvalue weighted by atomic mass is 10.2. The zero-order chi connectivity index (χ0) is 19.1. The fourth-order valence-corrected chi connectivity index (χ4v) is 2.69. The van der Waals surface area contributed by atoms with E-state index in [1.54, 1.807) is 6.21 Å². The maximum absolute atomic E-state index is 10.6. The van der Waals surface area contributed by atoms with Crippen molar-refractivity contribution in [1.29, 1.82) is 0 Å². The molecule has 0 saturated carbocycles. The highest BCUT2D eigenvalue weighted by Crippen LogP contribution is 2.26. The zero-order valence-corrected chi connectivity index (χ0v) is 15.7. The number of rotatable bonds is 7. The highest BCUT2D eigenvalue weighted by molar-refractivity contribution is 9.10. The van der Waals surface area contributed by atoms with Crippen LogP contribution in [0, 0.1) is 10.1 Å². The first kappa shape index (κ1) is 18.5. The van der Waals surface area contributed by atoms with Crippen LogP contribution in [0.1, 0.15) is 11.1 Å². The maximum atomic E-state index is 10.6. The van der Waals surface area contributed by atoms with Gasteiger partial charge in [-0.2, -0.15) is 5.10 Å². The van der Waals surface area contributed by atoms with E-state index in [1.807, 2.05) is 48.5 Å². The summed E-state index contributed by atoms with van der Waals surface area (Å²) in [6, 6.07) is 18.4. The number of hydrogen-bond acceptors (Lipinski definition) is 6. The van der Waals surface area contributed by atoms with Gasteiger partial charge in [-0.05, 0) is 51.3 Å². The van der Waals surface area contributed by atoms with E-state index in [9.17, 15) is 10.1 Å². The van der Waals surface area contributed by atoms with Gasteiger partial charge >= 0.3 is 0 Å². The molecule has 8 heteroatoms. The van der Waals surface area contributed by atoms with Crippen LogP contribution in [0.3, 0.4) is 0 Å². The molecule has 0 amide bonds. The van der Waals surface area contributed by atoms with Crippen LogP contribution in [0.5, 0.6) is 5.75 Å².